The first-order valence-corrected chi connectivity index (χ1v) is 6.03. The molecule has 0 amide bonds. The second-order valence-corrected chi connectivity index (χ2v) is 4.27. The molecule has 0 fully saturated rings. The fourth-order valence-corrected chi connectivity index (χ4v) is 1.87. The highest BCUT2D eigenvalue weighted by atomic mass is 79.9. The van der Waals surface area contributed by atoms with Crippen molar-refractivity contribution in [3.8, 4) is 11.4 Å². The summed E-state index contributed by atoms with van der Waals surface area (Å²) >= 11 is 3.40. The van der Waals surface area contributed by atoms with Crippen LogP contribution < -0.4 is 0 Å². The van der Waals surface area contributed by atoms with Gasteiger partial charge in [-0.1, -0.05) is 13.0 Å². The summed E-state index contributed by atoms with van der Waals surface area (Å²) < 4.78 is 0.812. The van der Waals surface area contributed by atoms with E-state index in [1.807, 2.05) is 24.3 Å². The first-order chi connectivity index (χ1) is 7.79. The van der Waals surface area contributed by atoms with Gasteiger partial charge in [0.2, 0.25) is 0 Å². The molecular formula is C12H12BrN3. The molecule has 0 saturated carbocycles. The number of halogens is 1. The molecule has 0 radical (unpaired) electrons. The van der Waals surface area contributed by atoms with Crippen LogP contribution in [0.5, 0.6) is 0 Å². The zero-order valence-electron chi connectivity index (χ0n) is 9.02. The molecule has 0 atom stereocenters. The molecule has 0 bridgehead atoms. The normalized spacial score (nSPS) is 10.4. The quantitative estimate of drug-likeness (QED) is 0.809. The Morgan fingerprint density at radius 2 is 2.06 bits per heavy atom. The highest BCUT2D eigenvalue weighted by molar-refractivity contribution is 9.10. The summed E-state index contributed by atoms with van der Waals surface area (Å²) in [6.45, 7) is 2.12. The summed E-state index contributed by atoms with van der Waals surface area (Å²) in [7, 11) is 0. The molecule has 2 aromatic rings. The number of hydrogen-bond acceptors (Lipinski definition) is 3. The van der Waals surface area contributed by atoms with Crippen molar-refractivity contribution in [2.24, 2.45) is 0 Å². The number of pyridine rings is 1. The SMILES string of the molecule is CCCc1nc(Br)cc(-c2ccccn2)n1. The average Bonchev–Trinajstić information content (AvgIpc) is 2.30. The Morgan fingerprint density at radius 1 is 1.19 bits per heavy atom. The predicted molar refractivity (Wildman–Crippen MR) is 67.0 cm³/mol. The minimum absolute atomic E-state index is 0.812. The highest BCUT2D eigenvalue weighted by Crippen LogP contribution is 2.18. The van der Waals surface area contributed by atoms with E-state index >= 15 is 0 Å². The van der Waals surface area contributed by atoms with Crippen LogP contribution in [0.4, 0.5) is 0 Å². The van der Waals surface area contributed by atoms with Crippen molar-refractivity contribution in [2.75, 3.05) is 0 Å². The first-order valence-electron chi connectivity index (χ1n) is 5.24. The molecule has 0 unspecified atom stereocenters. The maximum absolute atomic E-state index is 4.49. The Hall–Kier alpha value is -1.29. The fraction of sp³-hybridized carbons (Fsp3) is 0.250. The minimum atomic E-state index is 0.812. The van der Waals surface area contributed by atoms with Crippen molar-refractivity contribution < 1.29 is 0 Å². The van der Waals surface area contributed by atoms with Gasteiger partial charge in [-0.05, 0) is 40.5 Å². The second-order valence-electron chi connectivity index (χ2n) is 3.46. The molecule has 0 saturated heterocycles. The van der Waals surface area contributed by atoms with Crippen LogP contribution in [-0.2, 0) is 6.42 Å². The third-order valence-electron chi connectivity index (χ3n) is 2.14. The predicted octanol–water partition coefficient (Wildman–Crippen LogP) is 3.25. The lowest BCUT2D eigenvalue weighted by Gasteiger charge is -2.03. The molecule has 0 aromatic carbocycles. The Bertz CT molecular complexity index is 471. The van der Waals surface area contributed by atoms with E-state index in [-0.39, 0.29) is 0 Å². The van der Waals surface area contributed by atoms with Crippen LogP contribution in [0.3, 0.4) is 0 Å². The van der Waals surface area contributed by atoms with Crippen molar-refractivity contribution in [2.45, 2.75) is 19.8 Å². The standard InChI is InChI=1S/C12H12BrN3/c1-2-5-12-15-10(8-11(13)16-12)9-6-3-4-7-14-9/h3-4,6-8H,2,5H2,1H3. The van der Waals surface area contributed by atoms with E-state index in [0.29, 0.717) is 0 Å². The molecule has 0 aliphatic rings. The molecule has 2 heterocycles. The van der Waals surface area contributed by atoms with Crippen molar-refractivity contribution in [1.29, 1.82) is 0 Å². The van der Waals surface area contributed by atoms with Gasteiger partial charge in [-0.2, -0.15) is 0 Å². The number of rotatable bonds is 3. The third-order valence-corrected chi connectivity index (χ3v) is 2.55. The smallest absolute Gasteiger partial charge is 0.130 e. The van der Waals surface area contributed by atoms with E-state index < -0.39 is 0 Å². The van der Waals surface area contributed by atoms with E-state index in [0.717, 1.165) is 34.7 Å². The monoisotopic (exact) mass is 277 g/mol. The number of aryl methyl sites for hydroxylation is 1. The third kappa shape index (κ3) is 2.64. The van der Waals surface area contributed by atoms with Crippen LogP contribution in [0.15, 0.2) is 35.1 Å². The van der Waals surface area contributed by atoms with Gasteiger partial charge >= 0.3 is 0 Å². The van der Waals surface area contributed by atoms with Crippen molar-refractivity contribution in [3.05, 3.63) is 40.9 Å². The molecule has 0 aliphatic carbocycles. The molecule has 4 heteroatoms. The van der Waals surface area contributed by atoms with Crippen molar-refractivity contribution >= 4 is 15.9 Å². The lowest BCUT2D eigenvalue weighted by Crippen LogP contribution is -1.97. The Labute approximate surface area is 103 Å². The second kappa shape index (κ2) is 5.16. The molecule has 0 spiro atoms. The summed E-state index contributed by atoms with van der Waals surface area (Å²) in [4.78, 5) is 13.1. The zero-order chi connectivity index (χ0) is 11.4. The van der Waals surface area contributed by atoms with Crippen molar-refractivity contribution in [3.63, 3.8) is 0 Å². The van der Waals surface area contributed by atoms with E-state index in [9.17, 15) is 0 Å². The van der Waals surface area contributed by atoms with Gasteiger partial charge in [0.05, 0.1) is 11.4 Å². The van der Waals surface area contributed by atoms with Gasteiger partial charge in [0, 0.05) is 12.6 Å². The van der Waals surface area contributed by atoms with Crippen molar-refractivity contribution in [1.82, 2.24) is 15.0 Å². The Balaban J connectivity index is 2.41. The summed E-state index contributed by atoms with van der Waals surface area (Å²) in [6.07, 6.45) is 3.70. The van der Waals surface area contributed by atoms with Crippen LogP contribution in [0.25, 0.3) is 11.4 Å². The Kier molecular flexibility index (Phi) is 3.62. The van der Waals surface area contributed by atoms with Gasteiger partial charge in [-0.15, -0.1) is 0 Å². The van der Waals surface area contributed by atoms with E-state index in [1.165, 1.54) is 0 Å². The summed E-state index contributed by atoms with van der Waals surface area (Å²) in [5, 5.41) is 0. The topological polar surface area (TPSA) is 38.7 Å². The average molecular weight is 278 g/mol. The molecule has 2 rings (SSSR count). The van der Waals surface area contributed by atoms with Gasteiger partial charge in [-0.3, -0.25) is 4.98 Å². The number of nitrogens with zero attached hydrogens (tertiary/aromatic N) is 3. The summed E-state index contributed by atoms with van der Waals surface area (Å²) in [5.74, 6) is 0.859. The minimum Gasteiger partial charge on any atom is -0.255 e. The van der Waals surface area contributed by atoms with E-state index in [1.54, 1.807) is 6.20 Å². The first kappa shape index (κ1) is 11.2. The molecule has 3 nitrogen and oxygen atoms in total. The largest absolute Gasteiger partial charge is 0.255 e. The van der Waals surface area contributed by atoms with Crippen LogP contribution in [0.2, 0.25) is 0 Å². The molecular weight excluding hydrogens is 266 g/mol. The summed E-state index contributed by atoms with van der Waals surface area (Å²) in [5.41, 5.74) is 1.74. The maximum atomic E-state index is 4.49. The van der Waals surface area contributed by atoms with Crippen LogP contribution in [0.1, 0.15) is 19.2 Å². The van der Waals surface area contributed by atoms with Gasteiger partial charge in [0.1, 0.15) is 10.4 Å². The van der Waals surface area contributed by atoms with E-state index in [4.69, 9.17) is 0 Å². The number of aromatic nitrogens is 3. The zero-order valence-corrected chi connectivity index (χ0v) is 10.6. The van der Waals surface area contributed by atoms with E-state index in [2.05, 4.69) is 37.8 Å². The number of hydrogen-bond donors (Lipinski definition) is 0. The Morgan fingerprint density at radius 3 is 2.75 bits per heavy atom. The van der Waals surface area contributed by atoms with Gasteiger partial charge in [-0.25, -0.2) is 9.97 Å². The lowest BCUT2D eigenvalue weighted by molar-refractivity contribution is 0.830. The maximum Gasteiger partial charge on any atom is 0.130 e. The van der Waals surface area contributed by atoms with Crippen LogP contribution >= 0.6 is 15.9 Å². The fourth-order valence-electron chi connectivity index (χ4n) is 1.45. The lowest BCUT2D eigenvalue weighted by atomic mass is 10.2. The summed E-state index contributed by atoms with van der Waals surface area (Å²) in [6, 6.07) is 7.69. The molecule has 82 valence electrons. The highest BCUT2D eigenvalue weighted by Gasteiger charge is 2.05. The van der Waals surface area contributed by atoms with Gasteiger partial charge in [0.25, 0.3) is 0 Å². The molecule has 2 aromatic heterocycles. The van der Waals surface area contributed by atoms with Gasteiger partial charge < -0.3 is 0 Å². The van der Waals surface area contributed by atoms with Gasteiger partial charge in [0.15, 0.2) is 0 Å². The van der Waals surface area contributed by atoms with Crippen LogP contribution in [-0.4, -0.2) is 15.0 Å². The molecule has 16 heavy (non-hydrogen) atoms. The molecule has 0 aliphatic heterocycles. The molecule has 0 N–H and O–H groups in total. The van der Waals surface area contributed by atoms with Crippen LogP contribution in [0, 0.1) is 0 Å².